The van der Waals surface area contributed by atoms with Gasteiger partial charge in [0, 0.05) is 5.02 Å². The molecule has 0 unspecified atom stereocenters. The number of ether oxygens (including phenoxy) is 1. The van der Waals surface area contributed by atoms with E-state index in [1.165, 1.54) is 19.2 Å². The zero-order valence-corrected chi connectivity index (χ0v) is 9.25. The van der Waals surface area contributed by atoms with Gasteiger partial charge in [0.1, 0.15) is 12.2 Å². The molecule has 1 rings (SSSR count). The number of hydrogen-bond donors (Lipinski definition) is 2. The Morgan fingerprint density at radius 1 is 1.50 bits per heavy atom. The van der Waals surface area contributed by atoms with Crippen molar-refractivity contribution in [1.82, 2.24) is 0 Å². The largest absolute Gasteiger partial charge is 0.505 e. The fourth-order valence-corrected chi connectivity index (χ4v) is 1.36. The number of nitrogens with two attached hydrogens (primary N) is 1. The first-order valence-corrected chi connectivity index (χ1v) is 4.71. The number of ketones is 1. The van der Waals surface area contributed by atoms with Crippen LogP contribution in [0.15, 0.2) is 12.1 Å². The summed E-state index contributed by atoms with van der Waals surface area (Å²) < 4.78 is 4.34. The highest BCUT2D eigenvalue weighted by molar-refractivity contribution is 6.31. The lowest BCUT2D eigenvalue weighted by atomic mass is 10.1. The molecule has 0 aliphatic heterocycles. The fraction of sp³-hybridized carbons (Fsp3) is 0.200. The number of benzene rings is 1. The van der Waals surface area contributed by atoms with Crippen LogP contribution in [0.1, 0.15) is 16.8 Å². The summed E-state index contributed by atoms with van der Waals surface area (Å²) in [5.41, 5.74) is 5.32. The number of phenolic OH excluding ortho intramolecular Hbond substituents is 1. The van der Waals surface area contributed by atoms with E-state index in [1.54, 1.807) is 0 Å². The van der Waals surface area contributed by atoms with Crippen molar-refractivity contribution in [3.8, 4) is 5.75 Å². The minimum Gasteiger partial charge on any atom is -0.505 e. The topological polar surface area (TPSA) is 89.6 Å². The van der Waals surface area contributed by atoms with Gasteiger partial charge in [-0.1, -0.05) is 11.6 Å². The number of anilines is 1. The second kappa shape index (κ2) is 4.85. The van der Waals surface area contributed by atoms with Gasteiger partial charge >= 0.3 is 5.97 Å². The third kappa shape index (κ3) is 2.64. The van der Waals surface area contributed by atoms with Gasteiger partial charge in [0.05, 0.1) is 18.4 Å². The molecular formula is C10H10ClNO4. The van der Waals surface area contributed by atoms with E-state index in [9.17, 15) is 14.7 Å². The van der Waals surface area contributed by atoms with Gasteiger partial charge in [-0.3, -0.25) is 9.59 Å². The first kappa shape index (κ1) is 12.3. The molecule has 0 spiro atoms. The van der Waals surface area contributed by atoms with Crippen LogP contribution >= 0.6 is 11.6 Å². The standard InChI is InChI=1S/C10H10ClNO4/c1-16-9(14)4-8(13)6-2-5(11)3-7(12)10(6)15/h2-3,15H,4,12H2,1H3. The van der Waals surface area contributed by atoms with E-state index >= 15 is 0 Å². The van der Waals surface area contributed by atoms with Gasteiger partial charge in [-0.2, -0.15) is 0 Å². The molecule has 0 amide bonds. The first-order valence-electron chi connectivity index (χ1n) is 4.33. The molecule has 0 bridgehead atoms. The monoisotopic (exact) mass is 243 g/mol. The number of nitrogen functional groups attached to an aromatic ring is 1. The molecule has 0 radical (unpaired) electrons. The second-order valence-corrected chi connectivity index (χ2v) is 3.50. The maximum Gasteiger partial charge on any atom is 0.313 e. The molecule has 86 valence electrons. The number of phenols is 1. The van der Waals surface area contributed by atoms with Crippen molar-refractivity contribution in [3.05, 3.63) is 22.7 Å². The van der Waals surface area contributed by atoms with Gasteiger partial charge < -0.3 is 15.6 Å². The predicted molar refractivity (Wildman–Crippen MR) is 58.5 cm³/mol. The molecule has 5 nitrogen and oxygen atoms in total. The van der Waals surface area contributed by atoms with Crippen LogP contribution in [0.3, 0.4) is 0 Å². The number of hydrogen-bond acceptors (Lipinski definition) is 5. The number of methoxy groups -OCH3 is 1. The molecule has 1 aromatic rings. The molecular weight excluding hydrogens is 234 g/mol. The Hall–Kier alpha value is -1.75. The molecule has 0 aromatic heterocycles. The predicted octanol–water partition coefficient (Wildman–Crippen LogP) is 1.37. The van der Waals surface area contributed by atoms with Crippen molar-refractivity contribution in [1.29, 1.82) is 0 Å². The quantitative estimate of drug-likeness (QED) is 0.275. The Kier molecular flexibility index (Phi) is 3.73. The van der Waals surface area contributed by atoms with Gasteiger partial charge in [-0.15, -0.1) is 0 Å². The summed E-state index contributed by atoms with van der Waals surface area (Å²) in [6, 6.07) is 2.56. The van der Waals surface area contributed by atoms with Gasteiger partial charge in [-0.25, -0.2) is 0 Å². The number of aromatic hydroxyl groups is 1. The van der Waals surface area contributed by atoms with Crippen LogP contribution < -0.4 is 5.73 Å². The van der Waals surface area contributed by atoms with Gasteiger partial charge in [0.15, 0.2) is 5.78 Å². The molecule has 0 atom stereocenters. The third-order valence-electron chi connectivity index (χ3n) is 1.94. The summed E-state index contributed by atoms with van der Waals surface area (Å²) in [4.78, 5) is 22.5. The number of carbonyl (C=O) groups excluding carboxylic acids is 2. The molecule has 0 aliphatic carbocycles. The highest BCUT2D eigenvalue weighted by atomic mass is 35.5. The normalized spacial score (nSPS) is 9.88. The van der Waals surface area contributed by atoms with Crippen molar-refractivity contribution in [2.24, 2.45) is 0 Å². The number of halogens is 1. The third-order valence-corrected chi connectivity index (χ3v) is 2.16. The van der Waals surface area contributed by atoms with Crippen molar-refractivity contribution in [2.75, 3.05) is 12.8 Å². The molecule has 0 heterocycles. The SMILES string of the molecule is COC(=O)CC(=O)c1cc(Cl)cc(N)c1O. The van der Waals surface area contributed by atoms with Crippen LogP contribution in [0.4, 0.5) is 5.69 Å². The van der Waals surface area contributed by atoms with E-state index in [1.807, 2.05) is 0 Å². The summed E-state index contributed by atoms with van der Waals surface area (Å²) in [5, 5.41) is 9.73. The lowest BCUT2D eigenvalue weighted by molar-refractivity contribution is -0.139. The van der Waals surface area contributed by atoms with Crippen molar-refractivity contribution in [2.45, 2.75) is 6.42 Å². The summed E-state index contributed by atoms with van der Waals surface area (Å²) in [6.45, 7) is 0. The smallest absolute Gasteiger partial charge is 0.313 e. The second-order valence-electron chi connectivity index (χ2n) is 3.07. The summed E-state index contributed by atoms with van der Waals surface area (Å²) in [5.74, 6) is -1.67. The Morgan fingerprint density at radius 2 is 2.12 bits per heavy atom. The van der Waals surface area contributed by atoms with Gasteiger partial charge in [0.25, 0.3) is 0 Å². The van der Waals surface area contributed by atoms with Crippen LogP contribution in [0.25, 0.3) is 0 Å². The first-order chi connectivity index (χ1) is 7.45. The van der Waals surface area contributed by atoms with Gasteiger partial charge in [0.2, 0.25) is 0 Å². The van der Waals surface area contributed by atoms with Crippen molar-refractivity contribution < 1.29 is 19.4 Å². The minimum absolute atomic E-state index is 0.0132. The Bertz CT molecular complexity index is 445. The lowest BCUT2D eigenvalue weighted by Gasteiger charge is -2.06. The summed E-state index contributed by atoms with van der Waals surface area (Å²) in [7, 11) is 1.17. The average molecular weight is 244 g/mol. The van der Waals surface area contributed by atoms with Crippen LogP contribution in [-0.4, -0.2) is 24.0 Å². The highest BCUT2D eigenvalue weighted by Crippen LogP contribution is 2.29. The lowest BCUT2D eigenvalue weighted by Crippen LogP contribution is -2.10. The summed E-state index contributed by atoms with van der Waals surface area (Å²) >= 11 is 5.68. The Morgan fingerprint density at radius 3 is 2.69 bits per heavy atom. The van der Waals surface area contributed by atoms with E-state index in [0.717, 1.165) is 0 Å². The number of carbonyl (C=O) groups is 2. The van der Waals surface area contributed by atoms with E-state index < -0.39 is 18.2 Å². The zero-order chi connectivity index (χ0) is 12.3. The van der Waals surface area contributed by atoms with Crippen LogP contribution in [0, 0.1) is 0 Å². The maximum atomic E-state index is 11.6. The van der Waals surface area contributed by atoms with E-state index in [2.05, 4.69) is 4.74 Å². The average Bonchev–Trinajstić information content (AvgIpc) is 2.22. The van der Waals surface area contributed by atoms with Crippen LogP contribution in [0.2, 0.25) is 5.02 Å². The summed E-state index contributed by atoms with van der Waals surface area (Å²) in [6.07, 6.45) is -0.468. The molecule has 0 saturated heterocycles. The molecule has 3 N–H and O–H groups in total. The van der Waals surface area contributed by atoms with E-state index in [-0.39, 0.29) is 22.0 Å². The minimum atomic E-state index is -0.692. The molecule has 0 saturated carbocycles. The van der Waals surface area contributed by atoms with E-state index in [0.29, 0.717) is 0 Å². The molecule has 16 heavy (non-hydrogen) atoms. The van der Waals surface area contributed by atoms with E-state index in [4.69, 9.17) is 17.3 Å². The van der Waals surface area contributed by atoms with Crippen molar-refractivity contribution >= 4 is 29.0 Å². The highest BCUT2D eigenvalue weighted by Gasteiger charge is 2.18. The maximum absolute atomic E-state index is 11.6. The molecule has 1 aromatic carbocycles. The molecule has 0 fully saturated rings. The Balaban J connectivity index is 3.04. The molecule has 0 aliphatic rings. The van der Waals surface area contributed by atoms with Crippen LogP contribution in [0.5, 0.6) is 5.75 Å². The number of Topliss-reactive ketones (excluding diaryl/α,β-unsaturated/α-hetero) is 1. The fourth-order valence-electron chi connectivity index (χ4n) is 1.13. The number of esters is 1. The van der Waals surface area contributed by atoms with Gasteiger partial charge in [-0.05, 0) is 12.1 Å². The zero-order valence-electron chi connectivity index (χ0n) is 8.49. The molecule has 6 heteroatoms. The van der Waals surface area contributed by atoms with Crippen molar-refractivity contribution in [3.63, 3.8) is 0 Å². The Labute approximate surface area is 96.8 Å². The van der Waals surface area contributed by atoms with Crippen LogP contribution in [-0.2, 0) is 9.53 Å². The number of rotatable bonds is 3.